The fraction of sp³-hybridized carbons (Fsp3) is 0.533. The van der Waals surface area contributed by atoms with Crippen LogP contribution in [0.15, 0.2) is 30.5 Å². The van der Waals surface area contributed by atoms with Crippen LogP contribution >= 0.6 is 11.3 Å². The fourth-order valence-electron chi connectivity index (χ4n) is 5.89. The molecule has 0 radical (unpaired) electrons. The summed E-state index contributed by atoms with van der Waals surface area (Å²) < 4.78 is 0. The quantitative estimate of drug-likeness (QED) is 0.440. The van der Waals surface area contributed by atoms with E-state index in [2.05, 4.69) is 27.0 Å². The molecule has 10 nitrogen and oxygen atoms in total. The molecule has 1 saturated heterocycles. The van der Waals surface area contributed by atoms with Crippen LogP contribution in [0.5, 0.6) is 0 Å². The number of benzene rings is 1. The topological polar surface area (TPSA) is 144 Å². The summed E-state index contributed by atoms with van der Waals surface area (Å²) in [5.74, 6) is -1.08. The Hall–Kier alpha value is -3.78. The highest BCUT2D eigenvalue weighted by atomic mass is 32.1. The maximum atomic E-state index is 14.1. The number of nitrogens with one attached hydrogen (secondary N) is 3. The molecule has 2 fully saturated rings. The molecule has 1 spiro atoms. The van der Waals surface area contributed by atoms with Gasteiger partial charge in [0.15, 0.2) is 0 Å². The van der Waals surface area contributed by atoms with Crippen molar-refractivity contribution in [3.05, 3.63) is 45.9 Å². The van der Waals surface area contributed by atoms with Gasteiger partial charge in [0.1, 0.15) is 23.0 Å². The second kappa shape index (κ2) is 10.9. The SMILES string of the molecule is Cc1ncc(C(=O)N[C@@H](CC2CC2)C(=O)N[C@@H](CC(C)(C)C)C(=O)N2C[C@]3(C[C@H]2C#N)C(=O)Nc2ccccc23)s1. The van der Waals surface area contributed by atoms with E-state index >= 15 is 0 Å². The van der Waals surface area contributed by atoms with Crippen LogP contribution in [-0.4, -0.2) is 58.2 Å². The van der Waals surface area contributed by atoms with E-state index in [4.69, 9.17) is 0 Å². The third-order valence-corrected chi connectivity index (χ3v) is 8.99. The number of hydrogen-bond acceptors (Lipinski definition) is 7. The number of nitrogens with zero attached hydrogens (tertiary/aromatic N) is 3. The second-order valence-electron chi connectivity index (χ2n) is 12.7. The summed E-state index contributed by atoms with van der Waals surface area (Å²) in [5, 5.41) is 19.5. The van der Waals surface area contributed by atoms with Gasteiger partial charge in [0.05, 0.1) is 22.7 Å². The van der Waals surface area contributed by atoms with E-state index in [9.17, 15) is 24.4 Å². The Morgan fingerprint density at radius 3 is 2.59 bits per heavy atom. The molecule has 5 rings (SSSR count). The zero-order valence-electron chi connectivity index (χ0n) is 23.8. The Bertz CT molecular complexity index is 1420. The molecule has 1 aliphatic carbocycles. The van der Waals surface area contributed by atoms with Crippen molar-refractivity contribution < 1.29 is 19.2 Å². The predicted molar refractivity (Wildman–Crippen MR) is 154 cm³/mol. The van der Waals surface area contributed by atoms with Gasteiger partial charge in [-0.1, -0.05) is 51.8 Å². The van der Waals surface area contributed by atoms with E-state index in [1.165, 1.54) is 22.4 Å². The van der Waals surface area contributed by atoms with Gasteiger partial charge < -0.3 is 20.9 Å². The molecule has 216 valence electrons. The molecule has 4 amide bonds. The first-order chi connectivity index (χ1) is 19.4. The van der Waals surface area contributed by atoms with Crippen LogP contribution in [0.25, 0.3) is 0 Å². The van der Waals surface area contributed by atoms with Gasteiger partial charge in [-0.05, 0) is 42.7 Å². The van der Waals surface area contributed by atoms with Gasteiger partial charge in [0, 0.05) is 18.7 Å². The van der Waals surface area contributed by atoms with Crippen LogP contribution in [0.2, 0.25) is 0 Å². The Balaban J connectivity index is 1.38. The summed E-state index contributed by atoms with van der Waals surface area (Å²) in [5.41, 5.74) is 0.123. The largest absolute Gasteiger partial charge is 0.342 e. The molecule has 2 aliphatic heterocycles. The van der Waals surface area contributed by atoms with E-state index in [-0.39, 0.29) is 30.2 Å². The van der Waals surface area contributed by atoms with Gasteiger partial charge >= 0.3 is 0 Å². The monoisotopic (exact) mass is 576 g/mol. The van der Waals surface area contributed by atoms with Gasteiger partial charge in [-0.2, -0.15) is 5.26 Å². The summed E-state index contributed by atoms with van der Waals surface area (Å²) in [7, 11) is 0. The molecule has 3 N–H and O–H groups in total. The van der Waals surface area contributed by atoms with Crippen LogP contribution in [0, 0.1) is 29.6 Å². The lowest BCUT2D eigenvalue weighted by atomic mass is 9.80. The first-order valence-electron chi connectivity index (χ1n) is 14.0. The summed E-state index contributed by atoms with van der Waals surface area (Å²) >= 11 is 1.26. The molecular weight excluding hydrogens is 540 g/mol. The number of aryl methyl sites for hydroxylation is 1. The van der Waals surface area contributed by atoms with E-state index in [0.29, 0.717) is 29.3 Å². The average molecular weight is 577 g/mol. The van der Waals surface area contributed by atoms with Crippen molar-refractivity contribution in [2.75, 3.05) is 11.9 Å². The lowest BCUT2D eigenvalue weighted by Gasteiger charge is -2.32. The summed E-state index contributed by atoms with van der Waals surface area (Å²) in [6.45, 7) is 7.79. The Labute approximate surface area is 243 Å². The van der Waals surface area contributed by atoms with E-state index in [0.717, 1.165) is 23.4 Å². The molecule has 41 heavy (non-hydrogen) atoms. The van der Waals surface area contributed by atoms with Crippen molar-refractivity contribution in [2.24, 2.45) is 11.3 Å². The van der Waals surface area contributed by atoms with Gasteiger partial charge in [-0.15, -0.1) is 11.3 Å². The van der Waals surface area contributed by atoms with Crippen LogP contribution in [0.3, 0.4) is 0 Å². The third-order valence-electron chi connectivity index (χ3n) is 8.08. The van der Waals surface area contributed by atoms with Crippen LogP contribution in [-0.2, 0) is 19.8 Å². The number of likely N-dealkylation sites (tertiary alicyclic amines) is 1. The number of fused-ring (bicyclic) bond motifs is 2. The third kappa shape index (κ3) is 5.98. The van der Waals surface area contributed by atoms with E-state index in [1.807, 2.05) is 52.0 Å². The minimum Gasteiger partial charge on any atom is -0.342 e. The average Bonchev–Trinajstić information content (AvgIpc) is 3.37. The summed E-state index contributed by atoms with van der Waals surface area (Å²) in [6, 6.07) is 7.01. The molecule has 1 saturated carbocycles. The Morgan fingerprint density at radius 2 is 1.95 bits per heavy atom. The molecule has 1 aromatic carbocycles. The van der Waals surface area contributed by atoms with Gasteiger partial charge in [-0.3, -0.25) is 19.2 Å². The number of amides is 4. The first-order valence-corrected chi connectivity index (χ1v) is 14.9. The predicted octanol–water partition coefficient (Wildman–Crippen LogP) is 3.29. The number of rotatable bonds is 8. The van der Waals surface area contributed by atoms with Crippen molar-refractivity contribution in [3.63, 3.8) is 0 Å². The minimum atomic E-state index is -1.02. The standard InChI is InChI=1S/C30H36N6O4S/c1-17-32-15-24(41-17)26(38)33-22(11-18-9-10-18)25(37)34-23(13-29(2,3)4)27(39)36-16-30(12-19(36)14-31)20-7-5-6-8-21(20)35-28(30)40/h5-8,15,18-19,22-23H,9-13,16H2,1-4H3,(H,33,38)(H,34,37)(H,35,40)/t19-,22-,23-,30-/m0/s1. The maximum absolute atomic E-state index is 14.1. The zero-order valence-corrected chi connectivity index (χ0v) is 24.6. The summed E-state index contributed by atoms with van der Waals surface area (Å²) in [6.07, 6.45) is 4.47. The van der Waals surface area contributed by atoms with Gasteiger partial charge in [-0.25, -0.2) is 4.98 Å². The van der Waals surface area contributed by atoms with Crippen LogP contribution in [0.4, 0.5) is 5.69 Å². The Kier molecular flexibility index (Phi) is 7.64. The minimum absolute atomic E-state index is 0.0520. The summed E-state index contributed by atoms with van der Waals surface area (Å²) in [4.78, 5) is 59.9. The highest BCUT2D eigenvalue weighted by molar-refractivity contribution is 7.13. The molecular formula is C30H36N6O4S. The van der Waals surface area contributed by atoms with Crippen molar-refractivity contribution in [1.29, 1.82) is 5.26 Å². The van der Waals surface area contributed by atoms with Gasteiger partial charge in [0.2, 0.25) is 17.7 Å². The number of thiazole rings is 1. The zero-order chi connectivity index (χ0) is 29.5. The van der Waals surface area contributed by atoms with Gasteiger partial charge in [0.25, 0.3) is 5.91 Å². The molecule has 1 aromatic heterocycles. The number of aromatic nitrogens is 1. The number of nitriles is 1. The normalized spacial score (nSPS) is 23.0. The number of anilines is 1. The highest BCUT2D eigenvalue weighted by Gasteiger charge is 2.56. The maximum Gasteiger partial charge on any atom is 0.263 e. The highest BCUT2D eigenvalue weighted by Crippen LogP contribution is 2.46. The first kappa shape index (κ1) is 28.7. The van der Waals surface area contributed by atoms with E-state index in [1.54, 1.807) is 0 Å². The van der Waals surface area contributed by atoms with Crippen LogP contribution in [0.1, 0.15) is 73.1 Å². The number of para-hydroxylation sites is 1. The number of carbonyl (C=O) groups excluding carboxylic acids is 4. The number of carbonyl (C=O) groups is 4. The lowest BCUT2D eigenvalue weighted by Crippen LogP contribution is -2.56. The molecule has 0 bridgehead atoms. The smallest absolute Gasteiger partial charge is 0.263 e. The lowest BCUT2D eigenvalue weighted by molar-refractivity contribution is -0.138. The molecule has 2 aromatic rings. The fourth-order valence-corrected chi connectivity index (χ4v) is 6.57. The van der Waals surface area contributed by atoms with Crippen molar-refractivity contribution in [1.82, 2.24) is 20.5 Å². The van der Waals surface area contributed by atoms with E-state index < -0.39 is 35.4 Å². The van der Waals surface area contributed by atoms with Crippen molar-refractivity contribution in [2.45, 2.75) is 83.3 Å². The van der Waals surface area contributed by atoms with Crippen molar-refractivity contribution >= 4 is 40.7 Å². The van der Waals surface area contributed by atoms with Crippen molar-refractivity contribution in [3.8, 4) is 6.07 Å². The molecule has 4 atom stereocenters. The van der Waals surface area contributed by atoms with Crippen LogP contribution < -0.4 is 16.0 Å². The number of hydrogen-bond donors (Lipinski definition) is 3. The molecule has 11 heteroatoms. The molecule has 0 unspecified atom stereocenters. The second-order valence-corrected chi connectivity index (χ2v) is 13.9. The molecule has 3 aliphatic rings. The Morgan fingerprint density at radius 1 is 1.22 bits per heavy atom. The molecule has 3 heterocycles.